The van der Waals surface area contributed by atoms with Crippen molar-refractivity contribution in [2.45, 2.75) is 65.0 Å². The molecule has 8 nitrogen and oxygen atoms in total. The van der Waals surface area contributed by atoms with Gasteiger partial charge in [0.15, 0.2) is 12.6 Å². The van der Waals surface area contributed by atoms with Gasteiger partial charge in [0.1, 0.15) is 11.5 Å². The Morgan fingerprint density at radius 1 is 0.417 bits per heavy atom. The molecule has 0 saturated carbocycles. The third kappa shape index (κ3) is 12.9. The molecule has 1 N–H and O–H groups in total. The van der Waals surface area contributed by atoms with E-state index in [9.17, 15) is 0 Å². The lowest BCUT2D eigenvalue weighted by Crippen LogP contribution is -2.09. The second-order valence-corrected chi connectivity index (χ2v) is 24.0. The second kappa shape index (κ2) is 25.8. The topological polar surface area (TPSA) is 70.7 Å². The smallest absolute Gasteiger partial charge is 0.184 e. The summed E-state index contributed by atoms with van der Waals surface area (Å²) in [5.41, 5.74) is 16.8. The molecule has 422 valence electrons. The number of hydrogen-bond acceptors (Lipinski definition) is 10. The van der Waals surface area contributed by atoms with Crippen molar-refractivity contribution in [3.8, 4) is 43.5 Å². The van der Waals surface area contributed by atoms with Crippen LogP contribution in [0.25, 0.3) is 52.2 Å². The van der Waals surface area contributed by atoms with Crippen LogP contribution in [0.15, 0.2) is 212 Å². The number of para-hydroxylation sites is 1. The Morgan fingerprint density at radius 2 is 0.976 bits per heavy atom. The largest absolute Gasteiger partial charge is 0.493 e. The van der Waals surface area contributed by atoms with E-state index in [0.717, 1.165) is 117 Å². The number of anilines is 5. The number of aryl methyl sites for hydroxylation is 4. The minimum absolute atomic E-state index is 0.288. The van der Waals surface area contributed by atoms with Crippen LogP contribution >= 0.6 is 22.7 Å². The predicted molar refractivity (Wildman–Crippen MR) is 346 cm³/mol. The van der Waals surface area contributed by atoms with E-state index in [-0.39, 0.29) is 12.6 Å². The summed E-state index contributed by atoms with van der Waals surface area (Å²) in [7, 11) is 0. The van der Waals surface area contributed by atoms with Crippen molar-refractivity contribution in [3.05, 3.63) is 246 Å². The molecule has 0 aliphatic carbocycles. The van der Waals surface area contributed by atoms with Crippen molar-refractivity contribution < 1.29 is 28.4 Å². The molecule has 0 unspecified atom stereocenters. The van der Waals surface area contributed by atoms with Crippen LogP contribution in [0.1, 0.15) is 71.6 Å². The average Bonchev–Trinajstić information content (AvgIpc) is 3.79. The molecule has 0 radical (unpaired) electrons. The maximum absolute atomic E-state index is 7.13. The number of ether oxygens (including phenoxy) is 6. The molecule has 2 fully saturated rings. The minimum Gasteiger partial charge on any atom is -0.493 e. The Bertz CT molecular complexity index is 4050. The molecule has 2 aliphatic heterocycles. The molecule has 84 heavy (non-hydrogen) atoms. The standard InChI is InChI=1S/C74H68N2O6S2/c1-50-16-12-24-58(40-50)75-59-31-33-69-57(44-59)46-71(83-69)64-29-7-6-28-63(64)65-48-68(78-35-11-9-19-53-21-15-23-56(43-53)74-81-38-39-82-74)66(49-67(65)77-34-10-8-18-52-20-14-22-55(42-52)73-79-36-37-80-73)72-45-54-30-32-62(47-70(54)84-72)76(60-25-4-3-5-26-60)61-27-13-17-51(2)41-61/h3-7,12-17,20-33,40-49,73-75H,8-11,18-19,34-39H2,1-2H3. The van der Waals surface area contributed by atoms with Gasteiger partial charge in [-0.15, -0.1) is 22.7 Å². The van der Waals surface area contributed by atoms with Gasteiger partial charge in [-0.05, 0) is 188 Å². The summed E-state index contributed by atoms with van der Waals surface area (Å²) in [6, 6.07) is 76.6. The highest BCUT2D eigenvalue weighted by Crippen LogP contribution is 2.49. The first kappa shape index (κ1) is 55.1. The highest BCUT2D eigenvalue weighted by molar-refractivity contribution is 7.22. The molecule has 0 spiro atoms. The molecule has 2 aliphatic rings. The van der Waals surface area contributed by atoms with Crippen LogP contribution in [-0.4, -0.2) is 39.6 Å². The van der Waals surface area contributed by atoms with Gasteiger partial charge in [0.25, 0.3) is 0 Å². The van der Waals surface area contributed by atoms with Gasteiger partial charge in [-0.1, -0.05) is 121 Å². The first-order valence-electron chi connectivity index (χ1n) is 29.4. The summed E-state index contributed by atoms with van der Waals surface area (Å²) < 4.78 is 40.0. The summed E-state index contributed by atoms with van der Waals surface area (Å²) in [6.07, 6.45) is 4.96. The molecule has 4 heterocycles. The van der Waals surface area contributed by atoms with Crippen molar-refractivity contribution >= 4 is 71.3 Å². The summed E-state index contributed by atoms with van der Waals surface area (Å²) in [4.78, 5) is 4.65. The number of rotatable bonds is 22. The first-order valence-corrected chi connectivity index (χ1v) is 31.0. The third-order valence-corrected chi connectivity index (χ3v) is 17.9. The van der Waals surface area contributed by atoms with Crippen LogP contribution in [0.2, 0.25) is 0 Å². The van der Waals surface area contributed by atoms with Crippen LogP contribution < -0.4 is 19.7 Å². The van der Waals surface area contributed by atoms with Gasteiger partial charge in [0.05, 0.1) is 39.6 Å². The van der Waals surface area contributed by atoms with Crippen LogP contribution in [0.4, 0.5) is 28.4 Å². The third-order valence-electron chi connectivity index (χ3n) is 15.6. The molecular formula is C74H68N2O6S2. The Hall–Kier alpha value is -8.06. The number of thiophene rings is 2. The number of nitrogens with zero attached hydrogens (tertiary/aromatic N) is 1. The zero-order valence-electron chi connectivity index (χ0n) is 47.6. The molecule has 11 aromatic rings. The zero-order chi connectivity index (χ0) is 56.6. The first-order chi connectivity index (χ1) is 41.4. The summed E-state index contributed by atoms with van der Waals surface area (Å²) >= 11 is 3.61. The van der Waals surface area contributed by atoms with Gasteiger partial charge in [-0.25, -0.2) is 0 Å². The van der Waals surface area contributed by atoms with Gasteiger partial charge in [-0.2, -0.15) is 0 Å². The Labute approximate surface area is 500 Å². The minimum atomic E-state index is -0.289. The van der Waals surface area contributed by atoms with E-state index in [1.807, 2.05) is 11.3 Å². The van der Waals surface area contributed by atoms with Crippen molar-refractivity contribution in [1.82, 2.24) is 0 Å². The van der Waals surface area contributed by atoms with Crippen LogP contribution in [-0.2, 0) is 31.8 Å². The van der Waals surface area contributed by atoms with E-state index in [1.54, 1.807) is 11.3 Å². The second-order valence-electron chi connectivity index (χ2n) is 21.8. The van der Waals surface area contributed by atoms with Crippen molar-refractivity contribution in [3.63, 3.8) is 0 Å². The van der Waals surface area contributed by atoms with Crippen LogP contribution in [0.3, 0.4) is 0 Å². The van der Waals surface area contributed by atoms with Crippen molar-refractivity contribution in [2.75, 3.05) is 49.9 Å². The highest BCUT2D eigenvalue weighted by atomic mass is 32.1. The highest BCUT2D eigenvalue weighted by Gasteiger charge is 2.23. The van der Waals surface area contributed by atoms with Crippen molar-refractivity contribution in [2.24, 2.45) is 0 Å². The lowest BCUT2D eigenvalue weighted by molar-refractivity contribution is -0.0443. The molecule has 0 amide bonds. The van der Waals surface area contributed by atoms with E-state index >= 15 is 0 Å². The molecule has 10 heteroatoms. The molecule has 0 atom stereocenters. The van der Waals surface area contributed by atoms with E-state index in [0.29, 0.717) is 39.6 Å². The fraction of sp³-hybridized carbons (Fsp3) is 0.216. The number of benzene rings is 9. The normalized spacial score (nSPS) is 13.7. The average molecular weight is 1150 g/mol. The number of fused-ring (bicyclic) bond motifs is 2. The van der Waals surface area contributed by atoms with Crippen molar-refractivity contribution in [1.29, 1.82) is 0 Å². The summed E-state index contributed by atoms with van der Waals surface area (Å²) in [5.74, 6) is 1.66. The monoisotopic (exact) mass is 1140 g/mol. The van der Waals surface area contributed by atoms with Crippen LogP contribution in [0.5, 0.6) is 11.5 Å². The van der Waals surface area contributed by atoms with Crippen LogP contribution in [0, 0.1) is 13.8 Å². The fourth-order valence-electron chi connectivity index (χ4n) is 11.5. The summed E-state index contributed by atoms with van der Waals surface area (Å²) in [6.45, 7) is 7.88. The summed E-state index contributed by atoms with van der Waals surface area (Å²) in [5, 5.41) is 6.00. The van der Waals surface area contributed by atoms with Gasteiger partial charge >= 0.3 is 0 Å². The fourth-order valence-corrected chi connectivity index (χ4v) is 13.7. The Morgan fingerprint density at radius 3 is 1.67 bits per heavy atom. The molecule has 2 aromatic heterocycles. The molecule has 2 saturated heterocycles. The van der Waals surface area contributed by atoms with Gasteiger partial charge in [0, 0.05) is 69.8 Å². The SMILES string of the molecule is Cc1cccc(Nc2ccc3sc(-c4ccccc4-c4cc(OCCCCc5cccc(C6OCCO6)c5)c(-c5cc6ccc(N(c7ccccc7)c7cccc(C)c7)cc6s5)cc4OCCCCc4cccc(C5OCCO5)c4)cc3c2)c1. The Kier molecular flexibility index (Phi) is 17.0. The lowest BCUT2D eigenvalue weighted by atomic mass is 9.95. The van der Waals surface area contributed by atoms with E-state index in [1.165, 1.54) is 47.3 Å². The Balaban J connectivity index is 0.859. The molecular weight excluding hydrogens is 1080 g/mol. The molecule has 9 aromatic carbocycles. The van der Waals surface area contributed by atoms with Gasteiger partial charge in [0.2, 0.25) is 0 Å². The quantitative estimate of drug-likeness (QED) is 0.0673. The maximum atomic E-state index is 7.13. The predicted octanol–water partition coefficient (Wildman–Crippen LogP) is 19.8. The van der Waals surface area contributed by atoms with E-state index in [4.69, 9.17) is 28.4 Å². The van der Waals surface area contributed by atoms with Gasteiger partial charge < -0.3 is 38.6 Å². The molecule has 0 bridgehead atoms. The number of nitrogens with one attached hydrogen (secondary N) is 1. The molecule has 13 rings (SSSR count). The number of hydrogen-bond donors (Lipinski definition) is 1. The van der Waals surface area contributed by atoms with Gasteiger partial charge in [-0.3, -0.25) is 0 Å². The zero-order valence-corrected chi connectivity index (χ0v) is 49.2. The number of unbranched alkanes of at least 4 members (excludes halogenated alkanes) is 2. The van der Waals surface area contributed by atoms with E-state index < -0.39 is 0 Å². The lowest BCUT2D eigenvalue weighted by Gasteiger charge is -2.25. The maximum Gasteiger partial charge on any atom is 0.184 e. The van der Waals surface area contributed by atoms with E-state index in [2.05, 4.69) is 236 Å².